The van der Waals surface area contributed by atoms with Crippen LogP contribution in [0.3, 0.4) is 0 Å². The van der Waals surface area contributed by atoms with E-state index in [1.807, 2.05) is 16.8 Å². The van der Waals surface area contributed by atoms with Crippen LogP contribution in [0.2, 0.25) is 0 Å². The maximum Gasteiger partial charge on any atom is 0.323 e. The quantitative estimate of drug-likeness (QED) is 0.670. The van der Waals surface area contributed by atoms with Crippen LogP contribution in [-0.4, -0.2) is 47.0 Å². The summed E-state index contributed by atoms with van der Waals surface area (Å²) in [6.07, 6.45) is 0.632. The van der Waals surface area contributed by atoms with E-state index < -0.39 is 31.0 Å². The molecule has 0 aliphatic heterocycles. The lowest BCUT2D eigenvalue weighted by Crippen LogP contribution is -2.49. The van der Waals surface area contributed by atoms with Crippen LogP contribution in [0.15, 0.2) is 16.8 Å². The van der Waals surface area contributed by atoms with Crippen molar-refractivity contribution in [1.82, 2.24) is 10.2 Å². The largest absolute Gasteiger partial charge is 0.480 e. The molecule has 0 radical (unpaired) electrons. The van der Waals surface area contributed by atoms with Crippen molar-refractivity contribution in [3.8, 4) is 0 Å². The van der Waals surface area contributed by atoms with Crippen LogP contribution in [0.5, 0.6) is 0 Å². The fourth-order valence-corrected chi connectivity index (χ4v) is 2.35. The second kappa shape index (κ2) is 7.49. The average molecular weight is 299 g/mol. The zero-order valence-electron chi connectivity index (χ0n) is 11.0. The van der Waals surface area contributed by atoms with Crippen molar-refractivity contribution >= 4 is 29.2 Å². The predicted molar refractivity (Wildman–Crippen MR) is 74.4 cm³/mol. The summed E-state index contributed by atoms with van der Waals surface area (Å²) in [5.41, 5.74) is 6.08. The lowest BCUT2D eigenvalue weighted by Gasteiger charge is -2.22. The number of urea groups is 1. The third-order valence-electron chi connectivity index (χ3n) is 2.45. The van der Waals surface area contributed by atoms with E-state index in [9.17, 15) is 14.4 Å². The van der Waals surface area contributed by atoms with Crippen molar-refractivity contribution in [3.63, 3.8) is 0 Å². The summed E-state index contributed by atoms with van der Waals surface area (Å²) >= 11 is 1.56. The van der Waals surface area contributed by atoms with E-state index in [-0.39, 0.29) is 6.04 Å². The second-order valence-corrected chi connectivity index (χ2v) is 5.18. The van der Waals surface area contributed by atoms with Gasteiger partial charge in [-0.1, -0.05) is 0 Å². The number of nitrogens with two attached hydrogens (primary N) is 1. The minimum absolute atomic E-state index is 0.179. The number of primary amides is 1. The first-order valence-corrected chi connectivity index (χ1v) is 6.89. The minimum Gasteiger partial charge on any atom is -0.480 e. The molecule has 0 aromatic carbocycles. The monoisotopic (exact) mass is 299 g/mol. The fourth-order valence-electron chi connectivity index (χ4n) is 1.67. The van der Waals surface area contributed by atoms with E-state index in [1.165, 1.54) is 0 Å². The minimum atomic E-state index is -1.20. The van der Waals surface area contributed by atoms with Gasteiger partial charge in [-0.2, -0.15) is 11.3 Å². The summed E-state index contributed by atoms with van der Waals surface area (Å²) in [5, 5.41) is 15.3. The Morgan fingerprint density at radius 2 is 2.15 bits per heavy atom. The summed E-state index contributed by atoms with van der Waals surface area (Å²) in [7, 11) is 0. The molecule has 1 aromatic rings. The summed E-state index contributed by atoms with van der Waals surface area (Å²) in [6, 6.07) is 1.15. The van der Waals surface area contributed by atoms with Crippen molar-refractivity contribution in [1.29, 1.82) is 0 Å². The van der Waals surface area contributed by atoms with Crippen LogP contribution in [-0.2, 0) is 16.0 Å². The number of thiophene rings is 1. The molecular weight excluding hydrogens is 282 g/mol. The Balaban J connectivity index is 2.55. The number of carboxylic acids is 1. The maximum atomic E-state index is 11.9. The van der Waals surface area contributed by atoms with Gasteiger partial charge in [-0.3, -0.25) is 9.59 Å². The molecule has 1 rings (SSSR count). The number of nitrogens with one attached hydrogen (secondary N) is 1. The topological polar surface area (TPSA) is 113 Å². The highest BCUT2D eigenvalue weighted by atomic mass is 32.1. The standard InChI is InChI=1S/C12H17N3O4S/c1-8(4-9-2-3-20-7-9)14-12(19)15(5-10(13)16)6-11(17)18/h2-3,7-8H,4-6H2,1H3,(H2,13,16)(H,14,19)(H,17,18). The Kier molecular flexibility index (Phi) is 5.98. The Hall–Kier alpha value is -2.09. The van der Waals surface area contributed by atoms with Gasteiger partial charge in [0.2, 0.25) is 5.91 Å². The first-order chi connectivity index (χ1) is 9.38. The van der Waals surface area contributed by atoms with E-state index in [4.69, 9.17) is 10.8 Å². The first kappa shape index (κ1) is 16.0. The highest BCUT2D eigenvalue weighted by Gasteiger charge is 2.20. The normalized spacial score (nSPS) is 11.7. The molecule has 0 fully saturated rings. The number of hydrogen-bond acceptors (Lipinski definition) is 4. The lowest BCUT2D eigenvalue weighted by molar-refractivity contribution is -0.137. The zero-order chi connectivity index (χ0) is 15.1. The molecule has 1 heterocycles. The van der Waals surface area contributed by atoms with Crippen LogP contribution < -0.4 is 11.1 Å². The molecule has 0 aliphatic carbocycles. The zero-order valence-corrected chi connectivity index (χ0v) is 11.9. The molecule has 1 unspecified atom stereocenters. The fraction of sp³-hybridized carbons (Fsp3) is 0.417. The maximum absolute atomic E-state index is 11.9. The van der Waals surface area contributed by atoms with Crippen molar-refractivity contribution < 1.29 is 19.5 Å². The predicted octanol–water partition coefficient (Wildman–Crippen LogP) is 0.261. The van der Waals surface area contributed by atoms with Crippen molar-refractivity contribution in [2.24, 2.45) is 5.73 Å². The van der Waals surface area contributed by atoms with Gasteiger partial charge in [0.1, 0.15) is 13.1 Å². The van der Waals surface area contributed by atoms with Crippen LogP contribution in [0.4, 0.5) is 4.79 Å². The molecule has 0 saturated carbocycles. The number of nitrogens with zero attached hydrogens (tertiary/aromatic N) is 1. The third-order valence-corrected chi connectivity index (χ3v) is 3.18. The van der Waals surface area contributed by atoms with E-state index in [1.54, 1.807) is 18.3 Å². The number of carbonyl (C=O) groups excluding carboxylic acids is 2. The molecular formula is C12H17N3O4S. The van der Waals surface area contributed by atoms with Crippen LogP contribution >= 0.6 is 11.3 Å². The first-order valence-electron chi connectivity index (χ1n) is 5.95. The second-order valence-electron chi connectivity index (χ2n) is 4.40. The Morgan fingerprint density at radius 3 is 2.65 bits per heavy atom. The molecule has 1 atom stereocenters. The number of carboxylic acid groups (broad SMARTS) is 1. The number of rotatable bonds is 7. The molecule has 0 bridgehead atoms. The highest BCUT2D eigenvalue weighted by Crippen LogP contribution is 2.08. The van der Waals surface area contributed by atoms with Gasteiger partial charge in [0, 0.05) is 6.04 Å². The van der Waals surface area contributed by atoms with Crippen molar-refractivity contribution in [2.75, 3.05) is 13.1 Å². The molecule has 8 heteroatoms. The summed E-state index contributed by atoms with van der Waals surface area (Å²) < 4.78 is 0. The van der Waals surface area contributed by atoms with Gasteiger partial charge in [-0.05, 0) is 35.7 Å². The molecule has 0 aliphatic rings. The van der Waals surface area contributed by atoms with Gasteiger partial charge >= 0.3 is 12.0 Å². The van der Waals surface area contributed by atoms with Crippen molar-refractivity contribution in [2.45, 2.75) is 19.4 Å². The molecule has 110 valence electrons. The number of aliphatic carboxylic acids is 1. The van der Waals surface area contributed by atoms with Gasteiger partial charge < -0.3 is 21.1 Å². The van der Waals surface area contributed by atoms with Crippen molar-refractivity contribution in [3.05, 3.63) is 22.4 Å². The van der Waals surface area contributed by atoms with E-state index in [0.717, 1.165) is 10.5 Å². The Morgan fingerprint density at radius 1 is 1.45 bits per heavy atom. The van der Waals surface area contributed by atoms with Gasteiger partial charge in [0.25, 0.3) is 0 Å². The van der Waals surface area contributed by atoms with Gasteiger partial charge in [-0.15, -0.1) is 0 Å². The van der Waals surface area contributed by atoms with E-state index >= 15 is 0 Å². The molecule has 0 saturated heterocycles. The van der Waals surface area contributed by atoms with E-state index in [0.29, 0.717) is 6.42 Å². The Labute approximate surface area is 120 Å². The SMILES string of the molecule is CC(Cc1ccsc1)NC(=O)N(CC(N)=O)CC(=O)O. The Bertz CT molecular complexity index is 459. The molecule has 7 nitrogen and oxygen atoms in total. The molecule has 1 aromatic heterocycles. The summed E-state index contributed by atoms with van der Waals surface area (Å²) in [4.78, 5) is 34.3. The number of hydrogen-bond donors (Lipinski definition) is 3. The van der Waals surface area contributed by atoms with Gasteiger partial charge in [0.05, 0.1) is 0 Å². The average Bonchev–Trinajstić information content (AvgIpc) is 2.79. The van der Waals surface area contributed by atoms with Gasteiger partial charge in [0.15, 0.2) is 0 Å². The highest BCUT2D eigenvalue weighted by molar-refractivity contribution is 7.07. The molecule has 0 spiro atoms. The third kappa shape index (κ3) is 5.70. The smallest absolute Gasteiger partial charge is 0.323 e. The number of amides is 3. The lowest BCUT2D eigenvalue weighted by atomic mass is 10.1. The number of carbonyl (C=O) groups is 3. The van der Waals surface area contributed by atoms with E-state index in [2.05, 4.69) is 5.32 Å². The summed E-state index contributed by atoms with van der Waals surface area (Å²) in [6.45, 7) is 0.808. The van der Waals surface area contributed by atoms with Crippen LogP contribution in [0.25, 0.3) is 0 Å². The van der Waals surface area contributed by atoms with Crippen LogP contribution in [0.1, 0.15) is 12.5 Å². The van der Waals surface area contributed by atoms with Gasteiger partial charge in [-0.25, -0.2) is 4.79 Å². The molecule has 4 N–H and O–H groups in total. The molecule has 3 amide bonds. The van der Waals surface area contributed by atoms with Crippen LogP contribution in [0, 0.1) is 0 Å². The summed E-state index contributed by atoms with van der Waals surface area (Å²) in [5.74, 6) is -1.96. The molecule has 20 heavy (non-hydrogen) atoms.